The Morgan fingerprint density at radius 2 is 2.15 bits per heavy atom. The molecular formula is C27H26ClF2N5O2S2. The molecule has 3 heterocycles. The maximum atomic E-state index is 14.9. The van der Waals surface area contributed by atoms with Crippen LogP contribution in [0.2, 0.25) is 5.02 Å². The van der Waals surface area contributed by atoms with Gasteiger partial charge in [0.05, 0.1) is 28.8 Å². The SMILES string of the molecule is C=CC(=O)N1/C(=C/NSC)CN(c2nc(=O)n3c4c(c(-c5ccc(F)cc5F)c(Cl)cc24)SCC3)CC1CC. The third-order valence-corrected chi connectivity index (χ3v) is 8.62. The van der Waals surface area contributed by atoms with E-state index in [1.165, 1.54) is 41.9 Å². The molecule has 1 N–H and O–H groups in total. The normalized spacial score (nSPS) is 18.1. The fourth-order valence-electron chi connectivity index (χ4n) is 5.17. The van der Waals surface area contributed by atoms with E-state index in [1.807, 2.05) is 18.1 Å². The van der Waals surface area contributed by atoms with Crippen LogP contribution >= 0.6 is 35.3 Å². The third-order valence-electron chi connectivity index (χ3n) is 6.90. The molecule has 1 saturated heterocycles. The fourth-order valence-corrected chi connectivity index (χ4v) is 6.99. The van der Waals surface area contributed by atoms with E-state index in [9.17, 15) is 18.4 Å². The van der Waals surface area contributed by atoms with Crippen molar-refractivity contribution in [1.29, 1.82) is 0 Å². The van der Waals surface area contributed by atoms with Crippen LogP contribution in [0.25, 0.3) is 22.0 Å². The molecule has 2 aliphatic rings. The Morgan fingerprint density at radius 3 is 2.85 bits per heavy atom. The van der Waals surface area contributed by atoms with Gasteiger partial charge < -0.3 is 14.5 Å². The highest BCUT2D eigenvalue weighted by Crippen LogP contribution is 2.46. The molecule has 12 heteroatoms. The van der Waals surface area contributed by atoms with Gasteiger partial charge in [-0.15, -0.1) is 11.8 Å². The number of nitrogens with zero attached hydrogens (tertiary/aromatic N) is 4. The molecule has 3 aromatic rings. The Labute approximate surface area is 238 Å². The number of nitrogens with one attached hydrogen (secondary N) is 1. The summed E-state index contributed by atoms with van der Waals surface area (Å²) in [5, 5.41) is 0.932. The van der Waals surface area contributed by atoms with E-state index in [1.54, 1.807) is 21.7 Å². The molecule has 0 aliphatic carbocycles. The predicted molar refractivity (Wildman–Crippen MR) is 155 cm³/mol. The van der Waals surface area contributed by atoms with Gasteiger partial charge in [0.25, 0.3) is 5.91 Å². The van der Waals surface area contributed by atoms with E-state index in [0.29, 0.717) is 64.7 Å². The van der Waals surface area contributed by atoms with E-state index < -0.39 is 17.3 Å². The summed E-state index contributed by atoms with van der Waals surface area (Å²) in [6.07, 6.45) is 5.62. The van der Waals surface area contributed by atoms with Crippen LogP contribution in [0.1, 0.15) is 13.3 Å². The lowest BCUT2D eigenvalue weighted by molar-refractivity contribution is -0.126. The Bertz CT molecular complexity index is 1580. The molecule has 1 amide bonds. The molecule has 0 spiro atoms. The fraction of sp³-hybridized carbons (Fsp3) is 0.296. The molecule has 1 atom stereocenters. The average Bonchev–Trinajstić information content (AvgIpc) is 2.93. The topological polar surface area (TPSA) is 70.5 Å². The quantitative estimate of drug-likeness (QED) is 0.304. The minimum Gasteiger partial charge on any atom is -0.348 e. The first-order chi connectivity index (χ1) is 18.8. The molecule has 1 aromatic heterocycles. The molecule has 2 aromatic carbocycles. The molecule has 2 aliphatic heterocycles. The van der Waals surface area contributed by atoms with Gasteiger partial charge in [-0.3, -0.25) is 9.36 Å². The second-order valence-corrected chi connectivity index (χ2v) is 11.3. The number of aryl methyl sites for hydroxylation is 1. The first-order valence-electron chi connectivity index (χ1n) is 12.3. The van der Waals surface area contributed by atoms with Gasteiger partial charge in [0.1, 0.15) is 17.5 Å². The summed E-state index contributed by atoms with van der Waals surface area (Å²) in [6, 6.07) is 4.89. The van der Waals surface area contributed by atoms with Gasteiger partial charge in [0.15, 0.2) is 0 Å². The number of aromatic nitrogens is 2. The molecule has 1 unspecified atom stereocenters. The van der Waals surface area contributed by atoms with Crippen molar-refractivity contribution in [3.05, 3.63) is 76.0 Å². The highest BCUT2D eigenvalue weighted by atomic mass is 35.5. The summed E-state index contributed by atoms with van der Waals surface area (Å²) in [4.78, 5) is 35.0. The number of hydrogen-bond donors (Lipinski definition) is 1. The van der Waals surface area contributed by atoms with E-state index in [2.05, 4.69) is 16.3 Å². The van der Waals surface area contributed by atoms with Crippen LogP contribution in [0.3, 0.4) is 0 Å². The number of piperazine rings is 1. The van der Waals surface area contributed by atoms with Crippen LogP contribution in [-0.2, 0) is 11.3 Å². The number of anilines is 1. The largest absolute Gasteiger partial charge is 0.350 e. The van der Waals surface area contributed by atoms with E-state index in [4.69, 9.17) is 11.6 Å². The molecule has 39 heavy (non-hydrogen) atoms. The highest BCUT2D eigenvalue weighted by molar-refractivity contribution is 7.99. The van der Waals surface area contributed by atoms with Crippen molar-refractivity contribution in [2.24, 2.45) is 0 Å². The number of rotatable bonds is 6. The Kier molecular flexibility index (Phi) is 7.93. The number of thioether (sulfide) groups is 1. The number of hydrogen-bond acceptors (Lipinski definition) is 7. The van der Waals surface area contributed by atoms with Gasteiger partial charge >= 0.3 is 5.69 Å². The zero-order chi connectivity index (χ0) is 27.8. The maximum absolute atomic E-state index is 14.9. The summed E-state index contributed by atoms with van der Waals surface area (Å²) in [7, 11) is 0. The zero-order valence-corrected chi connectivity index (χ0v) is 23.7. The van der Waals surface area contributed by atoms with Crippen molar-refractivity contribution in [3.63, 3.8) is 0 Å². The zero-order valence-electron chi connectivity index (χ0n) is 21.3. The average molecular weight is 590 g/mol. The number of halogens is 3. The minimum atomic E-state index is -0.730. The summed E-state index contributed by atoms with van der Waals surface area (Å²) in [5.74, 6) is -0.593. The summed E-state index contributed by atoms with van der Waals surface area (Å²) < 4.78 is 33.3. The standard InChI is InChI=1S/C27H26ClF2N5O2S2/c1-4-16-13-33(14-17(12-31-38-3)35(16)22(36)5-2)26-19-11-20(28)23(18-7-6-15(29)10-21(18)30)25-24(19)34(8-9-39-25)27(37)32-26/h5-7,10-12,16,31H,2,4,8-9,13-14H2,1,3H3/b17-12+. The van der Waals surface area contributed by atoms with E-state index >= 15 is 0 Å². The third kappa shape index (κ3) is 4.92. The second kappa shape index (κ2) is 11.2. The number of carbonyl (C=O) groups excluding carboxylic acids is 1. The lowest BCUT2D eigenvalue weighted by atomic mass is 10.0. The van der Waals surface area contributed by atoms with Crippen LogP contribution in [0.4, 0.5) is 14.6 Å². The summed E-state index contributed by atoms with van der Waals surface area (Å²) in [6.45, 7) is 6.84. The maximum Gasteiger partial charge on any atom is 0.350 e. The van der Waals surface area contributed by atoms with Crippen LogP contribution in [0, 0.1) is 11.6 Å². The number of carbonyl (C=O) groups is 1. The van der Waals surface area contributed by atoms with Crippen LogP contribution in [-0.4, -0.2) is 51.5 Å². The van der Waals surface area contributed by atoms with E-state index in [-0.39, 0.29) is 22.5 Å². The monoisotopic (exact) mass is 589 g/mol. The Balaban J connectivity index is 1.72. The van der Waals surface area contributed by atoms with Crippen LogP contribution < -0.4 is 15.3 Å². The van der Waals surface area contributed by atoms with Gasteiger partial charge in [-0.05, 0) is 30.7 Å². The summed E-state index contributed by atoms with van der Waals surface area (Å²) >= 11 is 9.67. The molecule has 0 bridgehead atoms. The van der Waals surface area contributed by atoms with Gasteiger partial charge in [0.2, 0.25) is 0 Å². The number of amides is 1. The first-order valence-corrected chi connectivity index (χ1v) is 14.9. The second-order valence-electron chi connectivity index (χ2n) is 9.11. The van der Waals surface area contributed by atoms with Crippen molar-refractivity contribution in [2.75, 3.05) is 30.0 Å². The van der Waals surface area contributed by atoms with Crippen molar-refractivity contribution < 1.29 is 13.6 Å². The Morgan fingerprint density at radius 1 is 1.36 bits per heavy atom. The first kappa shape index (κ1) is 27.5. The van der Waals surface area contributed by atoms with Crippen molar-refractivity contribution >= 4 is 57.9 Å². The minimum absolute atomic E-state index is 0.168. The predicted octanol–water partition coefficient (Wildman–Crippen LogP) is 5.42. The molecule has 1 fully saturated rings. The van der Waals surface area contributed by atoms with Gasteiger partial charge in [-0.2, -0.15) is 4.98 Å². The van der Waals surface area contributed by atoms with Crippen molar-refractivity contribution in [3.8, 4) is 11.1 Å². The molecule has 0 radical (unpaired) electrons. The molecular weight excluding hydrogens is 564 g/mol. The van der Waals surface area contributed by atoms with Crippen LogP contribution in [0.5, 0.6) is 0 Å². The summed E-state index contributed by atoms with van der Waals surface area (Å²) in [5.41, 5.74) is 1.51. The number of benzene rings is 2. The van der Waals surface area contributed by atoms with Gasteiger partial charge in [-0.1, -0.05) is 37.1 Å². The Hall–Kier alpha value is -3.02. The van der Waals surface area contributed by atoms with Gasteiger partial charge in [0, 0.05) is 58.8 Å². The molecule has 204 valence electrons. The lowest BCUT2D eigenvalue weighted by Crippen LogP contribution is -2.54. The smallest absolute Gasteiger partial charge is 0.348 e. The lowest BCUT2D eigenvalue weighted by Gasteiger charge is -2.43. The van der Waals surface area contributed by atoms with E-state index in [0.717, 1.165) is 6.07 Å². The highest BCUT2D eigenvalue weighted by Gasteiger charge is 2.35. The molecule has 7 nitrogen and oxygen atoms in total. The molecule has 0 saturated carbocycles. The van der Waals surface area contributed by atoms with Crippen molar-refractivity contribution in [1.82, 2.24) is 19.2 Å². The van der Waals surface area contributed by atoms with Gasteiger partial charge in [-0.25, -0.2) is 13.6 Å². The van der Waals surface area contributed by atoms with Crippen LogP contribution in [0.15, 0.2) is 58.5 Å². The molecule has 5 rings (SSSR count). The van der Waals surface area contributed by atoms with Crippen molar-refractivity contribution in [2.45, 2.75) is 30.8 Å².